The predicted octanol–water partition coefficient (Wildman–Crippen LogP) is 1.77. The molecule has 3 N–H and O–H groups in total. The van der Waals surface area contributed by atoms with Crippen LogP contribution < -0.4 is 21.8 Å². The van der Waals surface area contributed by atoms with E-state index in [9.17, 15) is 14.9 Å². The smallest absolute Gasteiger partial charge is 0.323 e. The number of pyridine rings is 1. The normalized spacial score (nSPS) is 12.1. The Labute approximate surface area is 162 Å². The molecular formula is C21H14N6O2. The van der Waals surface area contributed by atoms with Crippen molar-refractivity contribution in [2.45, 2.75) is 6.92 Å². The summed E-state index contributed by atoms with van der Waals surface area (Å²) in [6.07, 6.45) is 1.58. The maximum atomic E-state index is 13.2. The zero-order valence-electron chi connectivity index (χ0n) is 15.3. The molecule has 29 heavy (non-hydrogen) atoms. The molecule has 0 fully saturated rings. The molecule has 140 valence electrons. The summed E-state index contributed by atoms with van der Waals surface area (Å²) in [5.74, 6) is 0. The summed E-state index contributed by atoms with van der Waals surface area (Å²) in [6.45, 7) is 1.74. The highest BCUT2D eigenvalue weighted by Crippen LogP contribution is 2.18. The second-order valence-corrected chi connectivity index (χ2v) is 6.72. The summed E-state index contributed by atoms with van der Waals surface area (Å²) >= 11 is 0. The summed E-state index contributed by atoms with van der Waals surface area (Å²) in [4.78, 5) is 34.5. The number of para-hydroxylation sites is 2. The molecule has 0 amide bonds. The number of hydrogen-bond donors (Lipinski definition) is 3. The minimum absolute atomic E-state index is 0.256. The van der Waals surface area contributed by atoms with Crippen molar-refractivity contribution in [3.63, 3.8) is 0 Å². The molecule has 0 aliphatic heterocycles. The molecule has 0 radical (unpaired) electrons. The molecule has 3 aromatic heterocycles. The van der Waals surface area contributed by atoms with E-state index >= 15 is 0 Å². The van der Waals surface area contributed by atoms with Gasteiger partial charge in [0.05, 0.1) is 32.8 Å². The van der Waals surface area contributed by atoms with Crippen LogP contribution in [0.5, 0.6) is 0 Å². The SMILES string of the molecule is Cc1c(C#N)c2nc3ccccc3n2c(=O)c1=CNc1ccc2[nH]c(=O)[nH]c2c1. The number of hydrogen-bond acceptors (Lipinski definition) is 5. The lowest BCUT2D eigenvalue weighted by atomic mass is 10.1. The van der Waals surface area contributed by atoms with Crippen LogP contribution in [0.15, 0.2) is 52.1 Å². The van der Waals surface area contributed by atoms with Crippen LogP contribution in [-0.4, -0.2) is 19.4 Å². The average molecular weight is 382 g/mol. The highest BCUT2D eigenvalue weighted by molar-refractivity contribution is 5.83. The van der Waals surface area contributed by atoms with Crippen molar-refractivity contribution in [3.05, 3.63) is 79.6 Å². The van der Waals surface area contributed by atoms with E-state index in [1.165, 1.54) is 4.40 Å². The van der Waals surface area contributed by atoms with Crippen LogP contribution in [0.1, 0.15) is 11.1 Å². The van der Waals surface area contributed by atoms with Gasteiger partial charge in [0.1, 0.15) is 6.07 Å². The Morgan fingerprint density at radius 3 is 2.76 bits per heavy atom. The lowest BCUT2D eigenvalue weighted by Crippen LogP contribution is -2.34. The number of anilines is 1. The summed E-state index contributed by atoms with van der Waals surface area (Å²) in [5, 5.41) is 13.2. The summed E-state index contributed by atoms with van der Waals surface area (Å²) in [7, 11) is 0. The van der Waals surface area contributed by atoms with Gasteiger partial charge in [-0.2, -0.15) is 5.26 Å². The van der Waals surface area contributed by atoms with Gasteiger partial charge in [0.2, 0.25) is 0 Å². The van der Waals surface area contributed by atoms with E-state index in [0.717, 1.165) is 0 Å². The molecule has 8 nitrogen and oxygen atoms in total. The van der Waals surface area contributed by atoms with E-state index in [-0.39, 0.29) is 11.2 Å². The van der Waals surface area contributed by atoms with Gasteiger partial charge in [-0.15, -0.1) is 0 Å². The maximum Gasteiger partial charge on any atom is 0.323 e. The molecule has 5 aromatic rings. The molecule has 3 heterocycles. The van der Waals surface area contributed by atoms with Crippen LogP contribution in [0.4, 0.5) is 5.69 Å². The third kappa shape index (κ3) is 2.49. The van der Waals surface area contributed by atoms with Gasteiger partial charge < -0.3 is 15.3 Å². The van der Waals surface area contributed by atoms with Gasteiger partial charge in [-0.05, 0) is 42.8 Å². The molecule has 0 saturated heterocycles. The first-order valence-electron chi connectivity index (χ1n) is 8.89. The van der Waals surface area contributed by atoms with Crippen molar-refractivity contribution < 1.29 is 0 Å². The maximum absolute atomic E-state index is 13.2. The molecule has 0 unspecified atom stereocenters. The minimum atomic E-state index is -0.282. The zero-order valence-corrected chi connectivity index (χ0v) is 15.3. The summed E-state index contributed by atoms with van der Waals surface area (Å²) in [6, 6.07) is 14.8. The molecule has 8 heteroatoms. The molecule has 2 aromatic carbocycles. The second kappa shape index (κ2) is 6.07. The van der Waals surface area contributed by atoms with Gasteiger partial charge in [0.15, 0.2) is 5.65 Å². The van der Waals surface area contributed by atoms with Gasteiger partial charge in [-0.25, -0.2) is 9.78 Å². The van der Waals surface area contributed by atoms with Crippen molar-refractivity contribution in [2.75, 3.05) is 5.32 Å². The third-order valence-electron chi connectivity index (χ3n) is 5.01. The van der Waals surface area contributed by atoms with E-state index in [1.54, 1.807) is 37.4 Å². The van der Waals surface area contributed by atoms with Crippen molar-refractivity contribution >= 4 is 39.6 Å². The Balaban J connectivity index is 1.74. The number of imidazole rings is 2. The van der Waals surface area contributed by atoms with Crippen LogP contribution in [0.3, 0.4) is 0 Å². The topological polar surface area (TPSA) is 119 Å². The number of nitrogens with one attached hydrogen (secondary N) is 3. The third-order valence-corrected chi connectivity index (χ3v) is 5.01. The largest absolute Gasteiger partial charge is 0.361 e. The first-order valence-corrected chi connectivity index (χ1v) is 8.89. The molecule has 0 atom stereocenters. The Kier molecular flexibility index (Phi) is 3.51. The number of nitrogens with zero attached hydrogens (tertiary/aromatic N) is 3. The number of aromatic nitrogens is 4. The monoisotopic (exact) mass is 382 g/mol. The van der Waals surface area contributed by atoms with E-state index < -0.39 is 0 Å². The van der Waals surface area contributed by atoms with Crippen molar-refractivity contribution in [1.29, 1.82) is 5.26 Å². The van der Waals surface area contributed by atoms with Crippen LogP contribution in [0, 0.1) is 18.3 Å². The molecule has 0 spiro atoms. The fraction of sp³-hybridized carbons (Fsp3) is 0.0476. The number of aromatic amines is 2. The molecular weight excluding hydrogens is 368 g/mol. The Bertz CT molecular complexity index is 1650. The Hall–Kier alpha value is -4.38. The fourth-order valence-corrected chi connectivity index (χ4v) is 3.56. The summed E-state index contributed by atoms with van der Waals surface area (Å²) < 4.78 is 1.47. The van der Waals surface area contributed by atoms with Gasteiger partial charge in [0, 0.05) is 11.9 Å². The van der Waals surface area contributed by atoms with Gasteiger partial charge in [-0.3, -0.25) is 9.20 Å². The van der Waals surface area contributed by atoms with E-state index in [1.807, 2.05) is 18.2 Å². The predicted molar refractivity (Wildman–Crippen MR) is 111 cm³/mol. The number of nitriles is 1. The first kappa shape index (κ1) is 16.8. The summed E-state index contributed by atoms with van der Waals surface area (Å²) in [5.41, 5.74) is 4.10. The highest BCUT2D eigenvalue weighted by Gasteiger charge is 2.15. The fourth-order valence-electron chi connectivity index (χ4n) is 3.56. The standard InChI is InChI=1S/C21H14N6O2/c1-11-13(9-22)19-24-16-4-2-3-5-18(16)27(19)20(28)14(11)10-23-12-6-7-15-17(8-12)26-21(29)25-15/h2-8,10,23H,1H3,(H2,25,26,29). The lowest BCUT2D eigenvalue weighted by molar-refractivity contribution is 1.10. The quantitative estimate of drug-likeness (QED) is 0.430. The first-order chi connectivity index (χ1) is 14.1. The van der Waals surface area contributed by atoms with Gasteiger partial charge >= 0.3 is 5.69 Å². The molecule has 0 saturated carbocycles. The van der Waals surface area contributed by atoms with Gasteiger partial charge in [0.25, 0.3) is 5.56 Å². The number of fused-ring (bicyclic) bond motifs is 4. The van der Waals surface area contributed by atoms with Crippen molar-refractivity contribution in [2.24, 2.45) is 0 Å². The van der Waals surface area contributed by atoms with Crippen LogP contribution in [0.25, 0.3) is 33.9 Å². The average Bonchev–Trinajstić information content (AvgIpc) is 3.27. The van der Waals surface area contributed by atoms with Crippen LogP contribution in [0.2, 0.25) is 0 Å². The lowest BCUT2D eigenvalue weighted by Gasteiger charge is -2.04. The van der Waals surface area contributed by atoms with E-state index in [2.05, 4.69) is 26.3 Å². The second-order valence-electron chi connectivity index (χ2n) is 6.72. The van der Waals surface area contributed by atoms with Crippen molar-refractivity contribution in [3.8, 4) is 6.07 Å². The van der Waals surface area contributed by atoms with E-state index in [0.29, 0.717) is 49.7 Å². The molecule has 5 rings (SSSR count). The van der Waals surface area contributed by atoms with Crippen molar-refractivity contribution in [1.82, 2.24) is 19.4 Å². The Morgan fingerprint density at radius 1 is 1.14 bits per heavy atom. The number of benzene rings is 2. The molecule has 0 aliphatic carbocycles. The molecule has 0 bridgehead atoms. The van der Waals surface area contributed by atoms with E-state index in [4.69, 9.17) is 0 Å². The zero-order chi connectivity index (χ0) is 20.1. The van der Waals surface area contributed by atoms with Crippen LogP contribution in [-0.2, 0) is 0 Å². The highest BCUT2D eigenvalue weighted by atomic mass is 16.1. The Morgan fingerprint density at radius 2 is 1.93 bits per heavy atom. The number of H-pyrrole nitrogens is 2. The van der Waals surface area contributed by atoms with Gasteiger partial charge in [-0.1, -0.05) is 12.1 Å². The molecule has 0 aliphatic rings. The minimum Gasteiger partial charge on any atom is -0.361 e. The number of rotatable bonds is 2. The van der Waals surface area contributed by atoms with Crippen LogP contribution >= 0.6 is 0 Å².